The number of rotatable bonds is 7. The Balaban J connectivity index is 2.18. The Morgan fingerprint density at radius 3 is 2.30 bits per heavy atom. The molecule has 2 rings (SSSR count). The molecule has 1 unspecified atom stereocenters. The van der Waals surface area contributed by atoms with Crippen LogP contribution < -0.4 is 9.62 Å². The Kier molecular flexibility index (Phi) is 7.14. The molecule has 2 aromatic rings. The summed E-state index contributed by atoms with van der Waals surface area (Å²) in [6.45, 7) is 3.74. The smallest absolute Gasteiger partial charge is 0.243 e. The monoisotopic (exact) mass is 428 g/mol. The van der Waals surface area contributed by atoms with Crippen LogP contribution in [-0.4, -0.2) is 26.6 Å². The van der Waals surface area contributed by atoms with Crippen molar-refractivity contribution in [2.75, 3.05) is 10.6 Å². The lowest BCUT2D eigenvalue weighted by atomic mass is 10.1. The fraction of sp³-hybridized carbons (Fsp3) is 0.316. The molecule has 27 heavy (non-hydrogen) atoms. The summed E-state index contributed by atoms with van der Waals surface area (Å²) in [4.78, 5) is 12.6. The molecule has 8 heteroatoms. The predicted octanol–water partition coefficient (Wildman–Crippen LogP) is 4.03. The van der Waals surface area contributed by atoms with Crippen molar-refractivity contribution < 1.29 is 13.2 Å². The molecule has 0 saturated carbocycles. The summed E-state index contributed by atoms with van der Waals surface area (Å²) in [5.74, 6) is -0.425. The molecular weight excluding hydrogens is 407 g/mol. The number of nitrogens with one attached hydrogen (secondary N) is 1. The van der Waals surface area contributed by atoms with E-state index in [0.717, 1.165) is 22.5 Å². The van der Waals surface area contributed by atoms with E-state index in [9.17, 15) is 13.2 Å². The van der Waals surface area contributed by atoms with Gasteiger partial charge in [0.05, 0.1) is 11.9 Å². The summed E-state index contributed by atoms with van der Waals surface area (Å²) in [5, 5.41) is 3.67. The van der Waals surface area contributed by atoms with Crippen LogP contribution in [0.2, 0.25) is 10.0 Å². The zero-order chi connectivity index (χ0) is 20.2. The molecule has 0 spiro atoms. The lowest BCUT2D eigenvalue weighted by Gasteiger charge is -2.28. The molecule has 0 aliphatic heterocycles. The van der Waals surface area contributed by atoms with Gasteiger partial charge in [-0.3, -0.25) is 9.10 Å². The van der Waals surface area contributed by atoms with Crippen LogP contribution in [0, 0.1) is 0 Å². The van der Waals surface area contributed by atoms with Gasteiger partial charge < -0.3 is 5.32 Å². The number of anilines is 1. The third-order valence-electron chi connectivity index (χ3n) is 4.16. The highest BCUT2D eigenvalue weighted by atomic mass is 35.5. The van der Waals surface area contributed by atoms with Gasteiger partial charge in [-0.25, -0.2) is 8.42 Å². The number of carbonyl (C=O) groups is 1. The molecule has 0 saturated heterocycles. The average molecular weight is 429 g/mol. The van der Waals surface area contributed by atoms with E-state index in [4.69, 9.17) is 23.2 Å². The molecule has 1 N–H and O–H groups in total. The molecule has 0 fully saturated rings. The van der Waals surface area contributed by atoms with E-state index < -0.39 is 22.0 Å². The number of amides is 1. The number of hydrogen-bond acceptors (Lipinski definition) is 3. The van der Waals surface area contributed by atoms with Crippen LogP contribution in [0.15, 0.2) is 42.5 Å². The highest BCUT2D eigenvalue weighted by molar-refractivity contribution is 7.92. The average Bonchev–Trinajstić information content (AvgIpc) is 2.60. The van der Waals surface area contributed by atoms with E-state index >= 15 is 0 Å². The number of aryl methyl sites for hydroxylation is 1. The predicted molar refractivity (Wildman–Crippen MR) is 111 cm³/mol. The maximum atomic E-state index is 12.6. The number of hydrogen-bond donors (Lipinski definition) is 1. The van der Waals surface area contributed by atoms with Crippen LogP contribution >= 0.6 is 23.2 Å². The van der Waals surface area contributed by atoms with Crippen molar-refractivity contribution >= 4 is 44.8 Å². The minimum Gasteiger partial charge on any atom is -0.350 e. The van der Waals surface area contributed by atoms with Crippen molar-refractivity contribution in [1.29, 1.82) is 0 Å². The van der Waals surface area contributed by atoms with Crippen molar-refractivity contribution in [2.45, 2.75) is 32.9 Å². The summed E-state index contributed by atoms with van der Waals surface area (Å²) >= 11 is 12.0. The fourth-order valence-electron chi connectivity index (χ4n) is 2.68. The Bertz CT molecular complexity index is 915. The van der Waals surface area contributed by atoms with Crippen LogP contribution in [-0.2, 0) is 27.8 Å². The second-order valence-corrected chi connectivity index (χ2v) is 8.91. The third kappa shape index (κ3) is 5.61. The molecule has 146 valence electrons. The number of carbonyl (C=O) groups excluding carboxylic acids is 1. The van der Waals surface area contributed by atoms with Gasteiger partial charge in [0.25, 0.3) is 0 Å². The third-order valence-corrected chi connectivity index (χ3v) is 5.98. The first-order valence-corrected chi connectivity index (χ1v) is 11.0. The first kappa shape index (κ1) is 21.5. The Hall–Kier alpha value is -1.76. The van der Waals surface area contributed by atoms with E-state index in [1.165, 1.54) is 0 Å². The lowest BCUT2D eigenvalue weighted by Crippen LogP contribution is -2.47. The zero-order valence-corrected chi connectivity index (χ0v) is 17.7. The maximum Gasteiger partial charge on any atom is 0.243 e. The first-order valence-electron chi connectivity index (χ1n) is 8.43. The van der Waals surface area contributed by atoms with Gasteiger partial charge in [0.1, 0.15) is 6.04 Å². The Morgan fingerprint density at radius 2 is 1.78 bits per heavy atom. The van der Waals surface area contributed by atoms with Crippen LogP contribution in [0.3, 0.4) is 0 Å². The lowest BCUT2D eigenvalue weighted by molar-refractivity contribution is -0.122. The largest absolute Gasteiger partial charge is 0.350 e. The summed E-state index contributed by atoms with van der Waals surface area (Å²) in [6.07, 6.45) is 1.93. The number of sulfonamides is 1. The highest BCUT2D eigenvalue weighted by Gasteiger charge is 2.29. The second kappa shape index (κ2) is 8.95. The van der Waals surface area contributed by atoms with Gasteiger partial charge >= 0.3 is 0 Å². The van der Waals surface area contributed by atoms with Gasteiger partial charge in [-0.15, -0.1) is 0 Å². The molecule has 5 nitrogen and oxygen atoms in total. The van der Waals surface area contributed by atoms with Gasteiger partial charge in [-0.2, -0.15) is 0 Å². The van der Waals surface area contributed by atoms with E-state index in [-0.39, 0.29) is 6.54 Å². The topological polar surface area (TPSA) is 66.5 Å². The molecule has 0 aliphatic carbocycles. The van der Waals surface area contributed by atoms with Crippen LogP contribution in [0.1, 0.15) is 25.0 Å². The normalized spacial score (nSPS) is 12.5. The number of halogens is 2. The fourth-order valence-corrected chi connectivity index (χ4v) is 4.33. The summed E-state index contributed by atoms with van der Waals surface area (Å²) in [7, 11) is -3.65. The molecular formula is C19H22Cl2N2O3S. The van der Waals surface area contributed by atoms with Crippen molar-refractivity contribution in [1.82, 2.24) is 5.32 Å². The van der Waals surface area contributed by atoms with Gasteiger partial charge in [-0.1, -0.05) is 48.3 Å². The molecule has 0 aliphatic rings. The Morgan fingerprint density at radius 1 is 1.15 bits per heavy atom. The van der Waals surface area contributed by atoms with Crippen molar-refractivity contribution in [3.8, 4) is 0 Å². The number of benzene rings is 2. The maximum absolute atomic E-state index is 12.6. The molecule has 1 atom stereocenters. The minimum atomic E-state index is -3.65. The molecule has 0 radical (unpaired) electrons. The first-order chi connectivity index (χ1) is 12.6. The van der Waals surface area contributed by atoms with Crippen LogP contribution in [0.25, 0.3) is 0 Å². The van der Waals surface area contributed by atoms with Crippen LogP contribution in [0.4, 0.5) is 5.69 Å². The second-order valence-electron chi connectivity index (χ2n) is 6.21. The minimum absolute atomic E-state index is 0.172. The van der Waals surface area contributed by atoms with Crippen molar-refractivity contribution in [3.05, 3.63) is 63.6 Å². The summed E-state index contributed by atoms with van der Waals surface area (Å²) < 4.78 is 25.7. The van der Waals surface area contributed by atoms with Gasteiger partial charge in [0, 0.05) is 16.6 Å². The molecule has 0 heterocycles. The van der Waals surface area contributed by atoms with E-state index in [0.29, 0.717) is 21.3 Å². The van der Waals surface area contributed by atoms with Gasteiger partial charge in [0.15, 0.2) is 0 Å². The van der Waals surface area contributed by atoms with Crippen LogP contribution in [0.5, 0.6) is 0 Å². The quantitative estimate of drug-likeness (QED) is 0.723. The molecule has 0 aromatic heterocycles. The van der Waals surface area contributed by atoms with E-state index in [2.05, 4.69) is 5.32 Å². The van der Waals surface area contributed by atoms with Crippen molar-refractivity contribution in [3.63, 3.8) is 0 Å². The Labute approximate surface area is 170 Å². The van der Waals surface area contributed by atoms with Crippen molar-refractivity contribution in [2.24, 2.45) is 0 Å². The molecule has 0 bridgehead atoms. The zero-order valence-electron chi connectivity index (χ0n) is 15.4. The molecule has 1 amide bonds. The van der Waals surface area contributed by atoms with E-state index in [1.807, 2.05) is 19.1 Å². The van der Waals surface area contributed by atoms with Gasteiger partial charge in [-0.05, 0) is 48.7 Å². The summed E-state index contributed by atoms with van der Waals surface area (Å²) in [6, 6.07) is 11.2. The standard InChI is InChI=1S/C19H22Cl2N2O3S/c1-4-14-5-9-17(10-6-14)23(27(3,25)26)13(2)19(24)22-12-15-7-8-16(20)11-18(15)21/h5-11,13H,4,12H2,1-3H3,(H,22,24). The highest BCUT2D eigenvalue weighted by Crippen LogP contribution is 2.23. The number of nitrogens with zero attached hydrogens (tertiary/aromatic N) is 1. The SMILES string of the molecule is CCc1ccc(N(C(C)C(=O)NCc2ccc(Cl)cc2Cl)S(C)(=O)=O)cc1. The summed E-state index contributed by atoms with van der Waals surface area (Å²) in [5.41, 5.74) is 2.23. The van der Waals surface area contributed by atoms with Gasteiger partial charge in [0.2, 0.25) is 15.9 Å². The van der Waals surface area contributed by atoms with E-state index in [1.54, 1.807) is 37.3 Å². The molecule has 2 aromatic carbocycles.